The molecule has 0 radical (unpaired) electrons. The van der Waals surface area contributed by atoms with E-state index in [4.69, 9.17) is 4.98 Å². The Hall–Kier alpha value is -2.25. The van der Waals surface area contributed by atoms with Crippen LogP contribution in [0.3, 0.4) is 0 Å². The Kier molecular flexibility index (Phi) is 6.46. The molecular formula is C21H29N5OS. The van der Waals surface area contributed by atoms with E-state index >= 15 is 0 Å². The summed E-state index contributed by atoms with van der Waals surface area (Å²) in [5, 5.41) is 5.24. The average Bonchev–Trinajstić information content (AvgIpc) is 3.26. The van der Waals surface area contributed by atoms with E-state index in [1.54, 1.807) is 16.2 Å². The Labute approximate surface area is 170 Å². The zero-order chi connectivity index (χ0) is 20.3. The minimum absolute atomic E-state index is 0.0798. The van der Waals surface area contributed by atoms with Crippen molar-refractivity contribution in [2.75, 3.05) is 32.1 Å². The van der Waals surface area contributed by atoms with E-state index in [-0.39, 0.29) is 5.91 Å². The van der Waals surface area contributed by atoms with Crippen LogP contribution in [0, 0.1) is 6.92 Å². The lowest BCUT2D eigenvalue weighted by molar-refractivity contribution is 0.0980. The van der Waals surface area contributed by atoms with Crippen molar-refractivity contribution in [3.05, 3.63) is 41.2 Å². The second-order valence-electron chi connectivity index (χ2n) is 7.25. The Balaban J connectivity index is 1.94. The summed E-state index contributed by atoms with van der Waals surface area (Å²) in [6.45, 7) is 8.44. The van der Waals surface area contributed by atoms with Gasteiger partial charge in [-0.2, -0.15) is 5.10 Å². The number of amides is 1. The molecule has 0 bridgehead atoms. The molecule has 1 amide bonds. The molecule has 7 heteroatoms. The van der Waals surface area contributed by atoms with Gasteiger partial charge >= 0.3 is 0 Å². The highest BCUT2D eigenvalue weighted by Gasteiger charge is 2.24. The van der Waals surface area contributed by atoms with E-state index in [9.17, 15) is 4.79 Å². The molecule has 1 aromatic carbocycles. The molecule has 0 atom stereocenters. The number of aromatic nitrogens is 3. The van der Waals surface area contributed by atoms with E-state index in [1.165, 1.54) is 5.56 Å². The molecule has 0 saturated heterocycles. The quantitative estimate of drug-likeness (QED) is 0.575. The average molecular weight is 400 g/mol. The first-order valence-electron chi connectivity index (χ1n) is 9.83. The van der Waals surface area contributed by atoms with Gasteiger partial charge in [0.05, 0.1) is 10.2 Å². The van der Waals surface area contributed by atoms with Crippen LogP contribution < -0.4 is 4.90 Å². The van der Waals surface area contributed by atoms with E-state index < -0.39 is 0 Å². The first-order valence-corrected chi connectivity index (χ1v) is 10.6. The molecule has 0 saturated carbocycles. The standard InChI is InChI=1S/C21H29N5OS/c1-6-16-9-10-17-19(14-16)28-21(22-17)25(12-8-11-24(4)5)20(27)18-13-15(3)26(7-2)23-18/h9-10,13-14H,6-8,11-12H2,1-5H3. The lowest BCUT2D eigenvalue weighted by atomic mass is 10.2. The van der Waals surface area contributed by atoms with Crippen molar-refractivity contribution in [1.82, 2.24) is 19.7 Å². The number of carbonyl (C=O) groups excluding carboxylic acids is 1. The zero-order valence-electron chi connectivity index (χ0n) is 17.4. The van der Waals surface area contributed by atoms with Gasteiger partial charge in [-0.15, -0.1) is 0 Å². The van der Waals surface area contributed by atoms with Crippen molar-refractivity contribution in [3.8, 4) is 0 Å². The van der Waals surface area contributed by atoms with Crippen LogP contribution in [0.4, 0.5) is 5.13 Å². The molecule has 0 spiro atoms. The molecule has 150 valence electrons. The normalized spacial score (nSPS) is 11.5. The van der Waals surface area contributed by atoms with Crippen molar-refractivity contribution in [3.63, 3.8) is 0 Å². The topological polar surface area (TPSA) is 54.3 Å². The Morgan fingerprint density at radius 2 is 1.96 bits per heavy atom. The maximum atomic E-state index is 13.3. The van der Waals surface area contributed by atoms with Crippen LogP contribution in [0.25, 0.3) is 10.2 Å². The van der Waals surface area contributed by atoms with Gasteiger partial charge in [0.1, 0.15) is 0 Å². The third-order valence-electron chi connectivity index (χ3n) is 4.81. The minimum Gasteiger partial charge on any atom is -0.309 e. The number of rotatable bonds is 8. The zero-order valence-corrected chi connectivity index (χ0v) is 18.2. The summed E-state index contributed by atoms with van der Waals surface area (Å²) in [7, 11) is 4.09. The third-order valence-corrected chi connectivity index (χ3v) is 5.85. The molecule has 0 aliphatic heterocycles. The molecule has 3 aromatic rings. The Morgan fingerprint density at radius 3 is 2.61 bits per heavy atom. The van der Waals surface area contributed by atoms with Crippen LogP contribution in [-0.2, 0) is 13.0 Å². The predicted octanol–water partition coefficient (Wildman–Crippen LogP) is 3.98. The lowest BCUT2D eigenvalue weighted by Crippen LogP contribution is -2.33. The predicted molar refractivity (Wildman–Crippen MR) is 116 cm³/mol. The van der Waals surface area contributed by atoms with Gasteiger partial charge in [-0.1, -0.05) is 24.3 Å². The number of hydrogen-bond acceptors (Lipinski definition) is 5. The van der Waals surface area contributed by atoms with Gasteiger partial charge in [0, 0.05) is 18.8 Å². The van der Waals surface area contributed by atoms with Crippen LogP contribution >= 0.6 is 11.3 Å². The number of benzene rings is 1. The van der Waals surface area contributed by atoms with Gasteiger partial charge in [-0.25, -0.2) is 4.98 Å². The van der Waals surface area contributed by atoms with Crippen molar-refractivity contribution >= 4 is 32.6 Å². The minimum atomic E-state index is -0.0798. The summed E-state index contributed by atoms with van der Waals surface area (Å²) in [5.41, 5.74) is 3.71. The molecule has 6 nitrogen and oxygen atoms in total. The summed E-state index contributed by atoms with van der Waals surface area (Å²) < 4.78 is 2.98. The molecule has 2 heterocycles. The van der Waals surface area contributed by atoms with Gasteiger partial charge in [0.15, 0.2) is 10.8 Å². The maximum absolute atomic E-state index is 13.3. The van der Waals surface area contributed by atoms with Gasteiger partial charge in [0.2, 0.25) is 0 Å². The second kappa shape index (κ2) is 8.84. The van der Waals surface area contributed by atoms with Crippen molar-refractivity contribution in [1.29, 1.82) is 0 Å². The lowest BCUT2D eigenvalue weighted by Gasteiger charge is -2.20. The molecule has 2 aromatic heterocycles. The number of hydrogen-bond donors (Lipinski definition) is 0. The maximum Gasteiger partial charge on any atom is 0.280 e. The largest absolute Gasteiger partial charge is 0.309 e. The first-order chi connectivity index (χ1) is 13.4. The molecule has 28 heavy (non-hydrogen) atoms. The summed E-state index contributed by atoms with van der Waals surface area (Å²) in [6.07, 6.45) is 1.87. The fourth-order valence-electron chi connectivity index (χ4n) is 3.19. The second-order valence-corrected chi connectivity index (χ2v) is 8.26. The van der Waals surface area contributed by atoms with Crippen LogP contribution in [0.15, 0.2) is 24.3 Å². The Morgan fingerprint density at radius 1 is 1.18 bits per heavy atom. The van der Waals surface area contributed by atoms with Gasteiger partial charge in [0.25, 0.3) is 5.91 Å². The fourth-order valence-corrected chi connectivity index (χ4v) is 4.25. The molecule has 0 aliphatic rings. The van der Waals surface area contributed by atoms with E-state index in [2.05, 4.69) is 29.1 Å². The summed E-state index contributed by atoms with van der Waals surface area (Å²) >= 11 is 1.58. The highest BCUT2D eigenvalue weighted by molar-refractivity contribution is 7.22. The van der Waals surface area contributed by atoms with Crippen LogP contribution in [0.5, 0.6) is 0 Å². The number of thiazole rings is 1. The van der Waals surface area contributed by atoms with Crippen molar-refractivity contribution in [2.45, 2.75) is 40.2 Å². The third kappa shape index (κ3) is 4.42. The number of anilines is 1. The van der Waals surface area contributed by atoms with Crippen LogP contribution in [-0.4, -0.2) is 52.8 Å². The number of carbonyl (C=O) groups is 1. The summed E-state index contributed by atoms with van der Waals surface area (Å²) in [6, 6.07) is 8.20. The van der Waals surface area contributed by atoms with Gasteiger partial charge in [-0.3, -0.25) is 14.4 Å². The van der Waals surface area contributed by atoms with E-state index in [0.29, 0.717) is 12.2 Å². The smallest absolute Gasteiger partial charge is 0.280 e. The molecule has 3 rings (SSSR count). The molecule has 0 aliphatic carbocycles. The number of aryl methyl sites for hydroxylation is 3. The van der Waals surface area contributed by atoms with Gasteiger partial charge in [-0.05, 0) is 71.1 Å². The monoisotopic (exact) mass is 399 g/mol. The fraction of sp³-hybridized carbons (Fsp3) is 0.476. The highest BCUT2D eigenvalue weighted by atomic mass is 32.1. The van der Waals surface area contributed by atoms with Crippen molar-refractivity contribution < 1.29 is 4.79 Å². The SMILES string of the molecule is CCc1ccc2nc(N(CCCN(C)C)C(=O)c3cc(C)n(CC)n3)sc2c1. The summed E-state index contributed by atoms with van der Waals surface area (Å²) in [4.78, 5) is 22.0. The highest BCUT2D eigenvalue weighted by Crippen LogP contribution is 2.30. The van der Waals surface area contributed by atoms with E-state index in [1.807, 2.05) is 44.8 Å². The van der Waals surface area contributed by atoms with E-state index in [0.717, 1.165) is 47.0 Å². The summed E-state index contributed by atoms with van der Waals surface area (Å²) in [5.74, 6) is -0.0798. The Bertz CT molecular complexity index is 959. The molecular weight excluding hydrogens is 370 g/mol. The molecule has 0 unspecified atom stereocenters. The van der Waals surface area contributed by atoms with Crippen LogP contribution in [0.2, 0.25) is 0 Å². The number of nitrogens with zero attached hydrogens (tertiary/aromatic N) is 5. The molecule has 0 N–H and O–H groups in total. The number of fused-ring (bicyclic) bond motifs is 1. The van der Waals surface area contributed by atoms with Gasteiger partial charge < -0.3 is 4.90 Å². The first kappa shape index (κ1) is 20.5. The van der Waals surface area contributed by atoms with Crippen LogP contribution in [0.1, 0.15) is 42.0 Å². The van der Waals surface area contributed by atoms with Crippen molar-refractivity contribution in [2.24, 2.45) is 0 Å². The molecule has 0 fully saturated rings.